The number of nitrogens with zero attached hydrogens (tertiary/aromatic N) is 2. The van der Waals surface area contributed by atoms with Gasteiger partial charge in [-0.3, -0.25) is 19.0 Å². The molecule has 0 radical (unpaired) electrons. The zero-order valence-corrected chi connectivity index (χ0v) is 21.2. The van der Waals surface area contributed by atoms with Crippen LogP contribution in [0.3, 0.4) is 0 Å². The SMILES string of the molecule is COCCn1c(SCC(=O)c2ccc(OC)c(OC)c2)nc2cc(C(=O)NC(C)C)ccc2c1=O. The van der Waals surface area contributed by atoms with Crippen LogP contribution in [0, 0.1) is 0 Å². The fourth-order valence-corrected chi connectivity index (χ4v) is 4.32. The summed E-state index contributed by atoms with van der Waals surface area (Å²) in [4.78, 5) is 43.2. The molecule has 1 N–H and O–H groups in total. The monoisotopic (exact) mass is 499 g/mol. The molecule has 0 saturated heterocycles. The van der Waals surface area contributed by atoms with Crippen LogP contribution >= 0.6 is 11.8 Å². The molecule has 0 spiro atoms. The van der Waals surface area contributed by atoms with Gasteiger partial charge >= 0.3 is 0 Å². The van der Waals surface area contributed by atoms with Crippen LogP contribution in [0.2, 0.25) is 0 Å². The summed E-state index contributed by atoms with van der Waals surface area (Å²) in [5, 5.41) is 3.59. The number of rotatable bonds is 11. The molecule has 0 aliphatic heterocycles. The molecule has 1 amide bonds. The summed E-state index contributed by atoms with van der Waals surface area (Å²) < 4.78 is 17.2. The molecule has 1 aromatic heterocycles. The zero-order valence-electron chi connectivity index (χ0n) is 20.4. The Kier molecular flexibility index (Phi) is 8.89. The van der Waals surface area contributed by atoms with E-state index in [0.717, 1.165) is 11.8 Å². The molecule has 0 aliphatic rings. The molecular weight excluding hydrogens is 470 g/mol. The predicted molar refractivity (Wildman–Crippen MR) is 135 cm³/mol. The second kappa shape index (κ2) is 11.9. The molecule has 2 aromatic carbocycles. The van der Waals surface area contributed by atoms with Crippen molar-refractivity contribution in [1.82, 2.24) is 14.9 Å². The van der Waals surface area contributed by atoms with E-state index in [2.05, 4.69) is 10.3 Å². The molecule has 0 atom stereocenters. The number of benzene rings is 2. The lowest BCUT2D eigenvalue weighted by atomic mass is 10.1. The van der Waals surface area contributed by atoms with Crippen LogP contribution in [0.4, 0.5) is 0 Å². The highest BCUT2D eigenvalue weighted by molar-refractivity contribution is 7.99. The second-order valence-corrected chi connectivity index (χ2v) is 8.93. The minimum absolute atomic E-state index is 0.0260. The maximum Gasteiger partial charge on any atom is 0.262 e. The topological polar surface area (TPSA) is 109 Å². The number of carbonyl (C=O) groups excluding carboxylic acids is 2. The molecular formula is C25H29N3O6S. The van der Waals surface area contributed by atoms with Crippen molar-refractivity contribution in [2.75, 3.05) is 33.7 Å². The maximum atomic E-state index is 13.2. The van der Waals surface area contributed by atoms with Crippen molar-refractivity contribution in [3.05, 3.63) is 57.9 Å². The number of amides is 1. The van der Waals surface area contributed by atoms with Crippen molar-refractivity contribution in [3.63, 3.8) is 0 Å². The van der Waals surface area contributed by atoms with Gasteiger partial charge in [-0.1, -0.05) is 11.8 Å². The first kappa shape index (κ1) is 26.2. The average molecular weight is 500 g/mol. The normalized spacial score (nSPS) is 11.0. The van der Waals surface area contributed by atoms with E-state index in [9.17, 15) is 14.4 Å². The number of nitrogens with one attached hydrogen (secondary N) is 1. The number of hydrogen-bond donors (Lipinski definition) is 1. The average Bonchev–Trinajstić information content (AvgIpc) is 2.85. The van der Waals surface area contributed by atoms with Gasteiger partial charge < -0.3 is 19.5 Å². The molecule has 186 valence electrons. The number of thioether (sulfide) groups is 1. The van der Waals surface area contributed by atoms with Crippen LogP contribution in [0.25, 0.3) is 10.9 Å². The summed E-state index contributed by atoms with van der Waals surface area (Å²) in [5.41, 5.74) is 0.990. The molecule has 0 bridgehead atoms. The summed E-state index contributed by atoms with van der Waals surface area (Å²) >= 11 is 1.15. The van der Waals surface area contributed by atoms with Gasteiger partial charge in [0.2, 0.25) is 0 Å². The van der Waals surface area contributed by atoms with E-state index < -0.39 is 0 Å². The van der Waals surface area contributed by atoms with Crippen molar-refractivity contribution >= 4 is 34.4 Å². The number of carbonyl (C=O) groups is 2. The van der Waals surface area contributed by atoms with E-state index in [0.29, 0.717) is 45.3 Å². The fourth-order valence-electron chi connectivity index (χ4n) is 3.40. The Labute approximate surface area is 207 Å². The van der Waals surface area contributed by atoms with Gasteiger partial charge in [0.15, 0.2) is 22.4 Å². The molecule has 1 heterocycles. The van der Waals surface area contributed by atoms with E-state index in [4.69, 9.17) is 14.2 Å². The standard InChI is InChI=1S/C25H29N3O6S/c1-15(2)26-23(30)17-6-8-18-19(12-17)27-25(28(24(18)31)10-11-32-3)35-14-20(29)16-7-9-21(33-4)22(13-16)34-5/h6-9,12-13,15H,10-11,14H2,1-5H3,(H,26,30). The highest BCUT2D eigenvalue weighted by atomic mass is 32.2. The van der Waals surface area contributed by atoms with Crippen LogP contribution in [-0.2, 0) is 11.3 Å². The third kappa shape index (κ3) is 6.20. The highest BCUT2D eigenvalue weighted by Crippen LogP contribution is 2.28. The van der Waals surface area contributed by atoms with Gasteiger partial charge in [-0.2, -0.15) is 0 Å². The van der Waals surface area contributed by atoms with Crippen molar-refractivity contribution in [2.24, 2.45) is 0 Å². The zero-order chi connectivity index (χ0) is 25.5. The van der Waals surface area contributed by atoms with Crippen molar-refractivity contribution in [1.29, 1.82) is 0 Å². The van der Waals surface area contributed by atoms with Gasteiger partial charge in [-0.15, -0.1) is 0 Å². The summed E-state index contributed by atoms with van der Waals surface area (Å²) in [7, 11) is 4.58. The minimum Gasteiger partial charge on any atom is -0.493 e. The first-order chi connectivity index (χ1) is 16.8. The molecule has 0 fully saturated rings. The number of ether oxygens (including phenoxy) is 3. The van der Waals surface area contributed by atoms with Crippen LogP contribution < -0.4 is 20.3 Å². The molecule has 9 nitrogen and oxygen atoms in total. The fraction of sp³-hybridized carbons (Fsp3) is 0.360. The second-order valence-electron chi connectivity index (χ2n) is 7.99. The molecule has 3 rings (SSSR count). The summed E-state index contributed by atoms with van der Waals surface area (Å²) in [6.07, 6.45) is 0. The predicted octanol–water partition coefficient (Wildman–Crippen LogP) is 3.17. The third-order valence-corrected chi connectivity index (χ3v) is 6.14. The van der Waals surface area contributed by atoms with Crippen molar-refractivity contribution in [3.8, 4) is 11.5 Å². The molecule has 0 unspecified atom stereocenters. The Morgan fingerprint density at radius 2 is 1.74 bits per heavy atom. The van der Waals surface area contributed by atoms with Gasteiger partial charge in [-0.05, 0) is 50.2 Å². The number of aromatic nitrogens is 2. The summed E-state index contributed by atoms with van der Waals surface area (Å²) in [5.74, 6) is 0.627. The highest BCUT2D eigenvalue weighted by Gasteiger charge is 2.17. The summed E-state index contributed by atoms with van der Waals surface area (Å²) in [6, 6.07) is 9.73. The number of hydrogen-bond acceptors (Lipinski definition) is 8. The van der Waals surface area contributed by atoms with Gasteiger partial charge in [0.05, 0.1) is 44.0 Å². The van der Waals surface area contributed by atoms with Gasteiger partial charge in [-0.25, -0.2) is 4.98 Å². The number of ketones is 1. The number of fused-ring (bicyclic) bond motifs is 1. The molecule has 35 heavy (non-hydrogen) atoms. The smallest absolute Gasteiger partial charge is 0.262 e. The molecule has 10 heteroatoms. The Morgan fingerprint density at radius 3 is 2.40 bits per heavy atom. The van der Waals surface area contributed by atoms with Crippen LogP contribution in [-0.4, -0.2) is 61.0 Å². The van der Waals surface area contributed by atoms with E-state index in [1.54, 1.807) is 43.5 Å². The first-order valence-corrected chi connectivity index (χ1v) is 12.0. The Hall–Kier alpha value is -3.37. The number of methoxy groups -OCH3 is 3. The molecule has 0 saturated carbocycles. The molecule has 0 aliphatic carbocycles. The van der Waals surface area contributed by atoms with Gasteiger partial charge in [0.1, 0.15) is 0 Å². The third-order valence-electron chi connectivity index (χ3n) is 5.16. The lowest BCUT2D eigenvalue weighted by Crippen LogP contribution is -2.30. The Balaban J connectivity index is 1.94. The van der Waals surface area contributed by atoms with Crippen LogP contribution in [0.15, 0.2) is 46.3 Å². The van der Waals surface area contributed by atoms with Gasteiger partial charge in [0.25, 0.3) is 11.5 Å². The van der Waals surface area contributed by atoms with E-state index in [1.165, 1.54) is 18.8 Å². The van der Waals surface area contributed by atoms with E-state index in [-0.39, 0.29) is 35.6 Å². The largest absolute Gasteiger partial charge is 0.493 e. The van der Waals surface area contributed by atoms with E-state index in [1.807, 2.05) is 13.8 Å². The quantitative estimate of drug-likeness (QED) is 0.243. The number of Topliss-reactive ketones (excluding diaryl/α,β-unsaturated/α-hetero) is 1. The Morgan fingerprint density at radius 1 is 1.03 bits per heavy atom. The minimum atomic E-state index is -0.260. The lowest BCUT2D eigenvalue weighted by molar-refractivity contribution is 0.0942. The Bertz CT molecular complexity index is 1290. The maximum absolute atomic E-state index is 13.2. The van der Waals surface area contributed by atoms with Crippen LogP contribution in [0.1, 0.15) is 34.6 Å². The van der Waals surface area contributed by atoms with Crippen LogP contribution in [0.5, 0.6) is 11.5 Å². The van der Waals surface area contributed by atoms with Crippen molar-refractivity contribution < 1.29 is 23.8 Å². The first-order valence-electron chi connectivity index (χ1n) is 11.0. The van der Waals surface area contributed by atoms with Gasteiger partial charge in [0, 0.05) is 24.3 Å². The molecule has 3 aromatic rings. The van der Waals surface area contributed by atoms with Crippen molar-refractivity contribution in [2.45, 2.75) is 31.6 Å². The van der Waals surface area contributed by atoms with E-state index >= 15 is 0 Å². The summed E-state index contributed by atoms with van der Waals surface area (Å²) in [6.45, 7) is 4.32. The lowest BCUT2D eigenvalue weighted by Gasteiger charge is -2.14.